The minimum Gasteiger partial charge on any atom is -0.508 e. The molecule has 1 aliphatic carbocycles. The summed E-state index contributed by atoms with van der Waals surface area (Å²) in [7, 11) is 1.77. The van der Waals surface area contributed by atoms with Gasteiger partial charge in [-0.2, -0.15) is 0 Å². The molecule has 1 aliphatic rings. The fourth-order valence-electron chi connectivity index (χ4n) is 2.19. The number of amides is 1. The number of para-hydroxylation sites is 1. The molecule has 0 heterocycles. The number of hydrogen-bond acceptors (Lipinski definition) is 2. The van der Waals surface area contributed by atoms with Crippen molar-refractivity contribution in [1.82, 2.24) is 4.90 Å². The van der Waals surface area contributed by atoms with Crippen LogP contribution in [0, 0.1) is 5.92 Å². The maximum Gasteiger partial charge on any atom is 0.246 e. The molecule has 1 saturated carbocycles. The molecule has 0 aliphatic heterocycles. The predicted molar refractivity (Wildman–Crippen MR) is 75.8 cm³/mol. The summed E-state index contributed by atoms with van der Waals surface area (Å²) in [5.74, 6) is 0.843. The molecule has 19 heavy (non-hydrogen) atoms. The van der Waals surface area contributed by atoms with Gasteiger partial charge in [0, 0.05) is 18.7 Å². The van der Waals surface area contributed by atoms with Crippen LogP contribution >= 0.6 is 0 Å². The molecule has 3 nitrogen and oxygen atoms in total. The minimum absolute atomic E-state index is 0.000142. The summed E-state index contributed by atoms with van der Waals surface area (Å²) in [6.07, 6.45) is 4.14. The largest absolute Gasteiger partial charge is 0.508 e. The van der Waals surface area contributed by atoms with E-state index in [-0.39, 0.29) is 17.7 Å². The van der Waals surface area contributed by atoms with Gasteiger partial charge in [-0.15, -0.1) is 0 Å². The number of aromatic hydroxyl groups is 1. The Morgan fingerprint density at radius 2 is 2.05 bits per heavy atom. The summed E-state index contributed by atoms with van der Waals surface area (Å²) in [6.45, 7) is 3.95. The van der Waals surface area contributed by atoms with Gasteiger partial charge in [0.05, 0.1) is 6.04 Å². The molecule has 0 aromatic heterocycles. The zero-order valence-corrected chi connectivity index (χ0v) is 11.8. The number of benzene rings is 1. The lowest BCUT2D eigenvalue weighted by Crippen LogP contribution is -2.28. The highest BCUT2D eigenvalue weighted by atomic mass is 16.3. The highest BCUT2D eigenvalue weighted by Gasteiger charge is 2.25. The van der Waals surface area contributed by atoms with Crippen molar-refractivity contribution in [3.05, 3.63) is 41.5 Å². The van der Waals surface area contributed by atoms with E-state index in [9.17, 15) is 9.90 Å². The number of carbonyl (C=O) groups excluding carboxylic acids is 1. The topological polar surface area (TPSA) is 40.5 Å². The number of rotatable bonds is 4. The Balaban J connectivity index is 2.10. The van der Waals surface area contributed by atoms with Crippen LogP contribution in [0.5, 0.6) is 5.75 Å². The summed E-state index contributed by atoms with van der Waals surface area (Å²) in [6, 6.07) is 7.01. The lowest BCUT2D eigenvalue weighted by atomic mass is 10.1. The number of phenols is 1. The normalized spacial score (nSPS) is 17.1. The van der Waals surface area contributed by atoms with E-state index < -0.39 is 0 Å². The van der Waals surface area contributed by atoms with Crippen molar-refractivity contribution in [2.75, 3.05) is 7.05 Å². The first-order valence-corrected chi connectivity index (χ1v) is 6.73. The van der Waals surface area contributed by atoms with Crippen LogP contribution in [0.25, 0.3) is 0 Å². The van der Waals surface area contributed by atoms with Gasteiger partial charge in [-0.3, -0.25) is 4.79 Å². The molecule has 102 valence electrons. The first-order chi connectivity index (χ1) is 9.00. The smallest absolute Gasteiger partial charge is 0.246 e. The van der Waals surface area contributed by atoms with E-state index in [4.69, 9.17) is 0 Å². The third kappa shape index (κ3) is 3.16. The quantitative estimate of drug-likeness (QED) is 0.843. The summed E-state index contributed by atoms with van der Waals surface area (Å²) >= 11 is 0. The maximum absolute atomic E-state index is 12.2. The van der Waals surface area contributed by atoms with E-state index in [1.807, 2.05) is 26.0 Å². The Labute approximate surface area is 114 Å². The van der Waals surface area contributed by atoms with Gasteiger partial charge in [0.1, 0.15) is 5.75 Å². The zero-order chi connectivity index (χ0) is 14.0. The van der Waals surface area contributed by atoms with Crippen LogP contribution < -0.4 is 0 Å². The summed E-state index contributed by atoms with van der Waals surface area (Å²) < 4.78 is 0. The van der Waals surface area contributed by atoms with Gasteiger partial charge in [-0.05, 0) is 38.7 Å². The number of allylic oxidation sites excluding steroid dienone is 1. The molecular formula is C16H21NO2. The van der Waals surface area contributed by atoms with Crippen LogP contribution in [0.2, 0.25) is 0 Å². The Hall–Kier alpha value is -1.77. The van der Waals surface area contributed by atoms with Crippen molar-refractivity contribution < 1.29 is 9.90 Å². The molecule has 0 radical (unpaired) electrons. The van der Waals surface area contributed by atoms with Crippen LogP contribution in [-0.4, -0.2) is 23.0 Å². The summed E-state index contributed by atoms with van der Waals surface area (Å²) in [5, 5.41) is 9.84. The molecule has 0 bridgehead atoms. The average molecular weight is 259 g/mol. The lowest BCUT2D eigenvalue weighted by molar-refractivity contribution is -0.126. The predicted octanol–water partition coefficient (Wildman–Crippen LogP) is 3.27. The highest BCUT2D eigenvalue weighted by Crippen LogP contribution is 2.36. The third-order valence-corrected chi connectivity index (χ3v) is 3.89. The Morgan fingerprint density at radius 3 is 2.63 bits per heavy atom. The second-order valence-electron chi connectivity index (χ2n) is 5.35. The molecule has 1 amide bonds. The average Bonchev–Trinajstić information content (AvgIpc) is 3.21. The van der Waals surface area contributed by atoms with Crippen LogP contribution in [0.15, 0.2) is 35.9 Å². The van der Waals surface area contributed by atoms with E-state index >= 15 is 0 Å². The van der Waals surface area contributed by atoms with Gasteiger partial charge in [0.15, 0.2) is 0 Å². The van der Waals surface area contributed by atoms with Gasteiger partial charge in [0.2, 0.25) is 5.91 Å². The van der Waals surface area contributed by atoms with Crippen LogP contribution in [0.3, 0.4) is 0 Å². The maximum atomic E-state index is 12.2. The van der Waals surface area contributed by atoms with E-state index in [2.05, 4.69) is 0 Å². The SMILES string of the molecule is C/C(=C/C(=O)N(C)[C@H](C)c1ccccc1O)C1CC1. The minimum atomic E-state index is -0.142. The van der Waals surface area contributed by atoms with Crippen LogP contribution in [0.4, 0.5) is 0 Å². The molecule has 0 spiro atoms. The van der Waals surface area contributed by atoms with Crippen molar-refractivity contribution in [3.8, 4) is 5.75 Å². The molecule has 1 fully saturated rings. The first kappa shape index (κ1) is 13.7. The van der Waals surface area contributed by atoms with Crippen LogP contribution in [-0.2, 0) is 4.79 Å². The van der Waals surface area contributed by atoms with Crippen molar-refractivity contribution in [2.45, 2.75) is 32.7 Å². The number of hydrogen-bond donors (Lipinski definition) is 1. The molecule has 1 atom stereocenters. The summed E-state index contributed by atoms with van der Waals surface area (Å²) in [4.78, 5) is 13.8. The van der Waals surface area contributed by atoms with Gasteiger partial charge < -0.3 is 10.0 Å². The number of carbonyl (C=O) groups is 1. The monoisotopic (exact) mass is 259 g/mol. The molecule has 0 saturated heterocycles. The summed E-state index contributed by atoms with van der Waals surface area (Å²) in [5.41, 5.74) is 1.94. The molecule has 0 unspecified atom stereocenters. The van der Waals surface area contributed by atoms with E-state index in [1.54, 1.807) is 30.2 Å². The number of phenolic OH excluding ortho intramolecular Hbond substituents is 1. The second kappa shape index (κ2) is 5.47. The number of likely N-dealkylation sites (N-methyl/N-ethyl adjacent to an activating group) is 1. The molecule has 3 heteroatoms. The molecule has 1 aromatic carbocycles. The van der Waals surface area contributed by atoms with Gasteiger partial charge in [0.25, 0.3) is 0 Å². The number of nitrogens with zero attached hydrogens (tertiary/aromatic N) is 1. The Morgan fingerprint density at radius 1 is 1.42 bits per heavy atom. The second-order valence-corrected chi connectivity index (χ2v) is 5.35. The van der Waals surface area contributed by atoms with E-state index in [1.165, 1.54) is 18.4 Å². The first-order valence-electron chi connectivity index (χ1n) is 6.73. The fraction of sp³-hybridized carbons (Fsp3) is 0.438. The van der Waals surface area contributed by atoms with Gasteiger partial charge >= 0.3 is 0 Å². The Bertz CT molecular complexity index is 503. The van der Waals surface area contributed by atoms with Crippen molar-refractivity contribution >= 4 is 5.91 Å². The molecule has 1 aromatic rings. The fourth-order valence-corrected chi connectivity index (χ4v) is 2.19. The molecule has 1 N–H and O–H groups in total. The molecular weight excluding hydrogens is 238 g/mol. The van der Waals surface area contributed by atoms with Crippen LogP contribution in [0.1, 0.15) is 38.3 Å². The van der Waals surface area contributed by atoms with E-state index in [0.717, 1.165) is 5.56 Å². The third-order valence-electron chi connectivity index (χ3n) is 3.89. The highest BCUT2D eigenvalue weighted by molar-refractivity contribution is 5.88. The molecule has 2 rings (SSSR count). The van der Waals surface area contributed by atoms with Gasteiger partial charge in [-0.25, -0.2) is 0 Å². The van der Waals surface area contributed by atoms with Crippen molar-refractivity contribution in [3.63, 3.8) is 0 Å². The zero-order valence-electron chi connectivity index (χ0n) is 11.8. The lowest BCUT2D eigenvalue weighted by Gasteiger charge is -2.25. The van der Waals surface area contributed by atoms with Crippen molar-refractivity contribution in [2.24, 2.45) is 5.92 Å². The van der Waals surface area contributed by atoms with E-state index in [0.29, 0.717) is 5.92 Å². The Kier molecular flexibility index (Phi) is 3.93. The standard InChI is InChI=1S/C16H21NO2/c1-11(13-8-9-13)10-16(19)17(3)12(2)14-6-4-5-7-15(14)18/h4-7,10,12-13,18H,8-9H2,1-3H3/b11-10-/t12-/m1/s1. The van der Waals surface area contributed by atoms with Crippen molar-refractivity contribution in [1.29, 1.82) is 0 Å². The van der Waals surface area contributed by atoms with Gasteiger partial charge in [-0.1, -0.05) is 23.8 Å².